The number of rotatable bonds is 3. The van der Waals surface area contributed by atoms with Gasteiger partial charge in [-0.3, -0.25) is 0 Å². The van der Waals surface area contributed by atoms with Gasteiger partial charge in [-0.15, -0.1) is 22.7 Å². The summed E-state index contributed by atoms with van der Waals surface area (Å²) in [5, 5.41) is 13.1. The fourth-order valence-electron chi connectivity index (χ4n) is 8.34. The van der Waals surface area contributed by atoms with Crippen molar-refractivity contribution in [1.29, 1.82) is 0 Å². The molecule has 2 heterocycles. The molecule has 0 aliphatic rings. The smallest absolute Gasteiger partial charge is 0.0441 e. The van der Waals surface area contributed by atoms with Gasteiger partial charge in [0.05, 0.1) is 0 Å². The van der Waals surface area contributed by atoms with E-state index in [0.29, 0.717) is 0 Å². The summed E-state index contributed by atoms with van der Waals surface area (Å²) in [6.45, 7) is 0. The molecule has 0 aliphatic heterocycles. The molecule has 0 atom stereocenters. The minimum Gasteiger partial charge on any atom is -0.135 e. The summed E-state index contributed by atoms with van der Waals surface area (Å²) in [5.41, 5.74) is 7.28. The first-order valence-electron chi connectivity index (χ1n) is 18.4. The molecule has 11 aromatic rings. The van der Waals surface area contributed by atoms with Crippen LogP contribution in [0.1, 0.15) is 0 Å². The van der Waals surface area contributed by atoms with Gasteiger partial charge in [-0.25, -0.2) is 0 Å². The molecule has 0 nitrogen and oxygen atoms in total. The van der Waals surface area contributed by atoms with Crippen LogP contribution in [0.3, 0.4) is 0 Å². The minimum absolute atomic E-state index is 1.19. The average molecular weight is 721 g/mol. The van der Waals surface area contributed by atoms with Crippen molar-refractivity contribution < 1.29 is 0 Å². The maximum Gasteiger partial charge on any atom is 0.0441 e. The molecule has 9 aromatic carbocycles. The Morgan fingerprint density at radius 1 is 0.259 bits per heavy atom. The molecule has 0 aliphatic carbocycles. The molecular weight excluding hydrogens is 689 g/mol. The van der Waals surface area contributed by atoms with E-state index < -0.39 is 0 Å². The first kappa shape index (κ1) is 31.2. The number of hydrogen-bond donors (Lipinski definition) is 0. The summed E-state index contributed by atoms with van der Waals surface area (Å²) in [4.78, 5) is 0. The highest BCUT2D eigenvalue weighted by Gasteiger charge is 2.18. The van der Waals surface area contributed by atoms with Crippen LogP contribution in [-0.4, -0.2) is 0 Å². The van der Waals surface area contributed by atoms with E-state index in [1.807, 2.05) is 22.7 Å². The number of hydrogen-bond acceptors (Lipinski definition) is 2. The average Bonchev–Trinajstić information content (AvgIpc) is 3.81. The van der Waals surface area contributed by atoms with E-state index in [1.54, 1.807) is 0 Å². The van der Waals surface area contributed by atoms with Crippen LogP contribution in [0.25, 0.3) is 106 Å². The van der Waals surface area contributed by atoms with E-state index in [0.717, 1.165) is 0 Å². The molecule has 0 amide bonds. The number of benzene rings is 8. The summed E-state index contributed by atoms with van der Waals surface area (Å²) in [7, 11) is 0. The lowest BCUT2D eigenvalue weighted by Gasteiger charge is -2.11. The van der Waals surface area contributed by atoms with Crippen molar-refractivity contribution in [2.45, 2.75) is 0 Å². The highest BCUT2D eigenvalue weighted by molar-refractivity contribution is 7.29. The molecule has 11 rings (SSSR count). The van der Waals surface area contributed by atoms with Gasteiger partial charge in [0, 0.05) is 51.1 Å². The summed E-state index contributed by atoms with van der Waals surface area (Å²) < 4.78 is 5.45. The van der Waals surface area contributed by atoms with Crippen molar-refractivity contribution in [3.63, 3.8) is 0 Å². The predicted octanol–water partition coefficient (Wildman–Crippen LogP) is 16.0. The molecule has 0 N–H and O–H groups in total. The maximum absolute atomic E-state index is 2.40. The molecule has 0 saturated carbocycles. The van der Waals surface area contributed by atoms with E-state index in [4.69, 9.17) is 0 Å². The molecule has 2 aromatic heterocycles. The van der Waals surface area contributed by atoms with Gasteiger partial charge in [-0.05, 0) is 73.1 Å². The summed E-state index contributed by atoms with van der Waals surface area (Å²) in [5.74, 6) is 0. The monoisotopic (exact) mass is 720 g/mol. The van der Waals surface area contributed by atoms with Crippen LogP contribution in [0, 0.1) is 0 Å². The molecule has 0 saturated heterocycles. The van der Waals surface area contributed by atoms with E-state index >= 15 is 0 Å². The van der Waals surface area contributed by atoms with Gasteiger partial charge >= 0.3 is 0 Å². The van der Waals surface area contributed by atoms with Crippen molar-refractivity contribution >= 4 is 95.3 Å². The summed E-state index contributed by atoms with van der Waals surface area (Å²) in [6, 6.07) is 71.3. The Balaban J connectivity index is 1.05. The predicted molar refractivity (Wildman–Crippen MR) is 239 cm³/mol. The molecule has 0 fully saturated rings. The third-order valence-electron chi connectivity index (χ3n) is 10.9. The van der Waals surface area contributed by atoms with E-state index in [2.05, 4.69) is 194 Å². The lowest BCUT2D eigenvalue weighted by molar-refractivity contribution is 1.63. The molecular formula is C52H32S2. The quantitative estimate of drug-likeness (QED) is 0.170. The Morgan fingerprint density at radius 2 is 0.741 bits per heavy atom. The Labute approximate surface area is 321 Å². The molecule has 54 heavy (non-hydrogen) atoms. The molecule has 0 unspecified atom stereocenters. The summed E-state index contributed by atoms with van der Waals surface area (Å²) in [6.07, 6.45) is 0. The van der Waals surface area contributed by atoms with E-state index in [9.17, 15) is 0 Å². The second kappa shape index (κ2) is 12.7. The fraction of sp³-hybridized carbons (Fsp3) is 0. The van der Waals surface area contributed by atoms with Crippen LogP contribution in [0.4, 0.5) is 0 Å². The van der Waals surface area contributed by atoms with Crippen molar-refractivity contribution in [1.82, 2.24) is 0 Å². The first-order chi connectivity index (χ1) is 26.8. The zero-order chi connectivity index (χ0) is 35.6. The van der Waals surface area contributed by atoms with Crippen LogP contribution in [-0.2, 0) is 0 Å². The minimum atomic E-state index is 1.19. The number of thiophene rings is 2. The van der Waals surface area contributed by atoms with Crippen LogP contribution < -0.4 is 0 Å². The van der Waals surface area contributed by atoms with Gasteiger partial charge in [0.15, 0.2) is 0 Å². The van der Waals surface area contributed by atoms with Crippen LogP contribution in [0.2, 0.25) is 0 Å². The molecule has 0 spiro atoms. The van der Waals surface area contributed by atoms with Crippen molar-refractivity contribution in [3.05, 3.63) is 194 Å². The molecule has 0 radical (unpaired) electrons. The standard InChI is InChI=1S/C52H32S2/c1-2-4-16-40(38-28-25-33-13-5-6-14-36(33)31-38)42-18-8-7-17-41(42)39(15-3-1)35-26-23-34(24-27-35)37-29-30-46-48(32-37)54-52-44-20-10-9-19-43(44)51-49(50(46)52)45-21-11-12-22-47(45)53-51/h1-32H. The Bertz CT molecular complexity index is 3320. The third-order valence-corrected chi connectivity index (χ3v) is 13.3. The highest BCUT2D eigenvalue weighted by Crippen LogP contribution is 2.49. The zero-order valence-electron chi connectivity index (χ0n) is 29.3. The maximum atomic E-state index is 2.40. The Morgan fingerprint density at radius 3 is 1.44 bits per heavy atom. The number of fused-ring (bicyclic) bond motifs is 12. The largest absolute Gasteiger partial charge is 0.135 e. The third kappa shape index (κ3) is 5.03. The zero-order valence-corrected chi connectivity index (χ0v) is 30.9. The van der Waals surface area contributed by atoms with Gasteiger partial charge in [0.25, 0.3) is 0 Å². The van der Waals surface area contributed by atoms with Gasteiger partial charge in [-0.1, -0.05) is 176 Å². The van der Waals surface area contributed by atoms with Gasteiger partial charge in [0.1, 0.15) is 0 Å². The topological polar surface area (TPSA) is 0 Å². The molecule has 0 bridgehead atoms. The first-order valence-corrected chi connectivity index (χ1v) is 20.1. The van der Waals surface area contributed by atoms with Crippen LogP contribution in [0.15, 0.2) is 194 Å². The molecule has 2 heteroatoms. The van der Waals surface area contributed by atoms with Gasteiger partial charge < -0.3 is 0 Å². The van der Waals surface area contributed by atoms with Crippen molar-refractivity contribution in [2.75, 3.05) is 0 Å². The summed E-state index contributed by atoms with van der Waals surface area (Å²) >= 11 is 3.85. The van der Waals surface area contributed by atoms with Crippen molar-refractivity contribution in [2.24, 2.45) is 0 Å². The van der Waals surface area contributed by atoms with Gasteiger partial charge in [-0.2, -0.15) is 0 Å². The van der Waals surface area contributed by atoms with E-state index in [1.165, 1.54) is 106 Å². The van der Waals surface area contributed by atoms with Gasteiger partial charge in [0.2, 0.25) is 0 Å². The lowest BCUT2D eigenvalue weighted by atomic mass is 9.93. The highest BCUT2D eigenvalue weighted by atomic mass is 32.1. The second-order valence-electron chi connectivity index (χ2n) is 14.0. The lowest BCUT2D eigenvalue weighted by Crippen LogP contribution is -1.84. The van der Waals surface area contributed by atoms with Crippen LogP contribution >= 0.6 is 22.7 Å². The van der Waals surface area contributed by atoms with Crippen molar-refractivity contribution in [3.8, 4) is 33.4 Å². The molecule has 252 valence electrons. The fourth-order valence-corrected chi connectivity index (χ4v) is 10.9. The van der Waals surface area contributed by atoms with Crippen LogP contribution in [0.5, 0.6) is 0 Å². The Hall–Kier alpha value is -6.32. The van der Waals surface area contributed by atoms with E-state index in [-0.39, 0.29) is 0 Å². The Kier molecular flexibility index (Phi) is 7.33. The second-order valence-corrected chi connectivity index (χ2v) is 16.1. The SMILES string of the molecule is c1cccc(-c2ccc3ccccc3c2)c2ccccc2c(-c2ccc(-c3ccc4c(c3)sc3c5ccccc5c5sc6ccccc6c5c43)cc2)cc1. The normalized spacial score (nSPS) is 11.7.